The number of nitrogens with one attached hydrogen (secondary N) is 2. The van der Waals surface area contributed by atoms with Gasteiger partial charge in [0.05, 0.1) is 25.5 Å². The molecule has 18 heavy (non-hydrogen) atoms. The Morgan fingerprint density at radius 2 is 2.50 bits per heavy atom. The number of rotatable bonds is 4. The number of morpholine rings is 1. The SMILES string of the molecule is c1cc2cc(OCCC3CNCCO3)cnc2[nH]1. The van der Waals surface area contributed by atoms with E-state index in [0.717, 1.165) is 42.9 Å². The molecule has 1 aliphatic rings. The van der Waals surface area contributed by atoms with Crippen LogP contribution in [-0.4, -0.2) is 42.4 Å². The van der Waals surface area contributed by atoms with E-state index in [1.165, 1.54) is 0 Å². The first-order chi connectivity index (χ1) is 8.92. The second-order valence-electron chi connectivity index (χ2n) is 4.42. The van der Waals surface area contributed by atoms with Crippen molar-refractivity contribution in [3.05, 3.63) is 24.5 Å². The van der Waals surface area contributed by atoms with Crippen LogP contribution < -0.4 is 10.1 Å². The summed E-state index contributed by atoms with van der Waals surface area (Å²) in [5.74, 6) is 0.811. The van der Waals surface area contributed by atoms with E-state index in [4.69, 9.17) is 9.47 Å². The van der Waals surface area contributed by atoms with Crippen LogP contribution in [0.2, 0.25) is 0 Å². The van der Waals surface area contributed by atoms with Crippen LogP contribution in [0.25, 0.3) is 11.0 Å². The second-order valence-corrected chi connectivity index (χ2v) is 4.42. The third-order valence-electron chi connectivity index (χ3n) is 3.09. The van der Waals surface area contributed by atoms with Crippen molar-refractivity contribution in [2.45, 2.75) is 12.5 Å². The number of hydrogen-bond acceptors (Lipinski definition) is 4. The lowest BCUT2D eigenvalue weighted by molar-refractivity contribution is 0.0159. The van der Waals surface area contributed by atoms with Gasteiger partial charge in [-0.15, -0.1) is 0 Å². The highest BCUT2D eigenvalue weighted by Gasteiger charge is 2.13. The fraction of sp³-hybridized carbons (Fsp3) is 0.462. The van der Waals surface area contributed by atoms with Crippen molar-refractivity contribution in [1.29, 1.82) is 0 Å². The van der Waals surface area contributed by atoms with E-state index in [1.807, 2.05) is 18.3 Å². The molecule has 3 rings (SSSR count). The molecule has 0 spiro atoms. The van der Waals surface area contributed by atoms with Crippen LogP contribution in [0.5, 0.6) is 5.75 Å². The van der Waals surface area contributed by atoms with Crippen molar-refractivity contribution in [3.63, 3.8) is 0 Å². The molecule has 96 valence electrons. The molecule has 1 saturated heterocycles. The first-order valence-electron chi connectivity index (χ1n) is 6.30. The van der Waals surface area contributed by atoms with E-state index < -0.39 is 0 Å². The topological polar surface area (TPSA) is 59.2 Å². The van der Waals surface area contributed by atoms with Crippen molar-refractivity contribution < 1.29 is 9.47 Å². The average molecular weight is 247 g/mol. The first kappa shape index (κ1) is 11.5. The maximum absolute atomic E-state index is 5.70. The van der Waals surface area contributed by atoms with Crippen LogP contribution in [0, 0.1) is 0 Å². The van der Waals surface area contributed by atoms with Gasteiger partial charge in [0.2, 0.25) is 0 Å². The molecule has 0 radical (unpaired) electrons. The van der Waals surface area contributed by atoms with Gasteiger partial charge < -0.3 is 19.8 Å². The van der Waals surface area contributed by atoms with Gasteiger partial charge in [-0.05, 0) is 12.1 Å². The Bertz CT molecular complexity index is 506. The highest BCUT2D eigenvalue weighted by atomic mass is 16.5. The third kappa shape index (κ3) is 2.63. The Kier molecular flexibility index (Phi) is 3.43. The Morgan fingerprint density at radius 1 is 1.50 bits per heavy atom. The van der Waals surface area contributed by atoms with Crippen LogP contribution in [-0.2, 0) is 4.74 Å². The van der Waals surface area contributed by atoms with E-state index >= 15 is 0 Å². The predicted molar refractivity (Wildman–Crippen MR) is 68.8 cm³/mol. The number of H-pyrrole nitrogens is 1. The van der Waals surface area contributed by atoms with Crippen molar-refractivity contribution in [2.24, 2.45) is 0 Å². The van der Waals surface area contributed by atoms with Gasteiger partial charge in [0.15, 0.2) is 0 Å². The zero-order chi connectivity index (χ0) is 12.2. The molecule has 1 unspecified atom stereocenters. The summed E-state index contributed by atoms with van der Waals surface area (Å²) in [6.07, 6.45) is 4.79. The highest BCUT2D eigenvalue weighted by Crippen LogP contribution is 2.17. The van der Waals surface area contributed by atoms with Gasteiger partial charge in [0.25, 0.3) is 0 Å². The number of hydrogen-bond donors (Lipinski definition) is 2. The van der Waals surface area contributed by atoms with Crippen LogP contribution in [0.4, 0.5) is 0 Å². The molecule has 0 bridgehead atoms. The number of fused-ring (bicyclic) bond motifs is 1. The van der Waals surface area contributed by atoms with Crippen LogP contribution in [0.3, 0.4) is 0 Å². The molecule has 5 heteroatoms. The van der Waals surface area contributed by atoms with E-state index in [-0.39, 0.29) is 6.10 Å². The fourth-order valence-electron chi connectivity index (χ4n) is 2.11. The summed E-state index contributed by atoms with van der Waals surface area (Å²) in [4.78, 5) is 7.34. The minimum Gasteiger partial charge on any atom is -0.492 e. The molecular weight excluding hydrogens is 230 g/mol. The maximum Gasteiger partial charge on any atom is 0.138 e. The van der Waals surface area contributed by atoms with Crippen molar-refractivity contribution >= 4 is 11.0 Å². The minimum atomic E-state index is 0.266. The normalized spacial score (nSPS) is 20.1. The second kappa shape index (κ2) is 5.37. The lowest BCUT2D eigenvalue weighted by Crippen LogP contribution is -2.39. The third-order valence-corrected chi connectivity index (χ3v) is 3.09. The zero-order valence-electron chi connectivity index (χ0n) is 10.2. The maximum atomic E-state index is 5.70. The molecule has 2 aromatic heterocycles. The Hall–Kier alpha value is -1.59. The monoisotopic (exact) mass is 247 g/mol. The van der Waals surface area contributed by atoms with Gasteiger partial charge in [-0.2, -0.15) is 0 Å². The molecule has 3 heterocycles. The quantitative estimate of drug-likeness (QED) is 0.855. The Labute approximate surface area is 106 Å². The van der Waals surface area contributed by atoms with Crippen LogP contribution in [0.1, 0.15) is 6.42 Å². The number of aromatic nitrogens is 2. The van der Waals surface area contributed by atoms with Gasteiger partial charge in [-0.25, -0.2) is 4.98 Å². The highest BCUT2D eigenvalue weighted by molar-refractivity contribution is 5.76. The lowest BCUT2D eigenvalue weighted by atomic mass is 10.2. The molecule has 1 atom stereocenters. The molecular formula is C13H17N3O2. The molecule has 2 N–H and O–H groups in total. The standard InChI is InChI=1S/C13H17N3O2/c1-3-15-13-10(1)7-12(9-16-13)17-5-2-11-8-14-4-6-18-11/h1,3,7,9,11,14H,2,4-6,8H2,(H,15,16). The summed E-state index contributed by atoms with van der Waals surface area (Å²) in [6.45, 7) is 3.31. The van der Waals surface area contributed by atoms with E-state index in [2.05, 4.69) is 15.3 Å². The molecule has 0 aromatic carbocycles. The summed E-state index contributed by atoms with van der Waals surface area (Å²) in [7, 11) is 0. The van der Waals surface area contributed by atoms with Crippen LogP contribution in [0.15, 0.2) is 24.5 Å². The molecule has 0 saturated carbocycles. The van der Waals surface area contributed by atoms with Crippen molar-refractivity contribution in [1.82, 2.24) is 15.3 Å². The van der Waals surface area contributed by atoms with Crippen LogP contribution >= 0.6 is 0 Å². The zero-order valence-corrected chi connectivity index (χ0v) is 10.2. The van der Waals surface area contributed by atoms with E-state index in [1.54, 1.807) is 6.20 Å². The Morgan fingerprint density at radius 3 is 3.39 bits per heavy atom. The smallest absolute Gasteiger partial charge is 0.138 e. The van der Waals surface area contributed by atoms with Gasteiger partial charge >= 0.3 is 0 Å². The molecule has 1 aliphatic heterocycles. The Balaban J connectivity index is 1.52. The van der Waals surface area contributed by atoms with Gasteiger partial charge in [-0.3, -0.25) is 0 Å². The number of nitrogens with zero attached hydrogens (tertiary/aromatic N) is 1. The fourth-order valence-corrected chi connectivity index (χ4v) is 2.11. The summed E-state index contributed by atoms with van der Waals surface area (Å²) < 4.78 is 11.3. The van der Waals surface area contributed by atoms with E-state index in [0.29, 0.717) is 6.61 Å². The molecule has 1 fully saturated rings. The summed E-state index contributed by atoms with van der Waals surface area (Å²) in [5, 5.41) is 4.38. The van der Waals surface area contributed by atoms with Gasteiger partial charge in [0.1, 0.15) is 11.4 Å². The largest absolute Gasteiger partial charge is 0.492 e. The molecule has 0 amide bonds. The van der Waals surface area contributed by atoms with Crippen molar-refractivity contribution in [3.8, 4) is 5.75 Å². The number of ether oxygens (including phenoxy) is 2. The molecule has 2 aromatic rings. The molecule has 5 nitrogen and oxygen atoms in total. The number of pyridine rings is 1. The average Bonchev–Trinajstić information content (AvgIpc) is 2.87. The predicted octanol–water partition coefficient (Wildman–Crippen LogP) is 1.32. The van der Waals surface area contributed by atoms with Gasteiger partial charge in [-0.1, -0.05) is 0 Å². The van der Waals surface area contributed by atoms with E-state index in [9.17, 15) is 0 Å². The summed E-state index contributed by atoms with van der Waals surface area (Å²) in [5.41, 5.74) is 0.891. The summed E-state index contributed by atoms with van der Waals surface area (Å²) >= 11 is 0. The lowest BCUT2D eigenvalue weighted by Gasteiger charge is -2.23. The number of aromatic amines is 1. The molecule has 0 aliphatic carbocycles. The summed E-state index contributed by atoms with van der Waals surface area (Å²) in [6, 6.07) is 3.99. The van der Waals surface area contributed by atoms with Gasteiger partial charge in [0, 0.05) is 31.1 Å². The first-order valence-corrected chi connectivity index (χ1v) is 6.30. The van der Waals surface area contributed by atoms with Crippen molar-refractivity contribution in [2.75, 3.05) is 26.3 Å². The minimum absolute atomic E-state index is 0.266.